The number of H-pyrrole nitrogens is 1. The Kier molecular flexibility index (Phi) is 2.54. The van der Waals surface area contributed by atoms with Crippen molar-refractivity contribution in [3.05, 3.63) is 27.4 Å². The molecule has 4 heteroatoms. The van der Waals surface area contributed by atoms with Crippen molar-refractivity contribution >= 4 is 0 Å². The lowest BCUT2D eigenvalue weighted by molar-refractivity contribution is -0.0850. The molecule has 92 valence electrons. The van der Waals surface area contributed by atoms with E-state index in [0.29, 0.717) is 0 Å². The summed E-state index contributed by atoms with van der Waals surface area (Å²) in [6, 6.07) is 0. The third-order valence-corrected chi connectivity index (χ3v) is 4.18. The van der Waals surface area contributed by atoms with E-state index in [2.05, 4.69) is 9.97 Å². The number of nitrogens with one attached hydrogen (secondary N) is 1. The Labute approximate surface area is 100 Å². The normalized spacial score (nSPS) is 21.7. The van der Waals surface area contributed by atoms with Crippen molar-refractivity contribution in [1.29, 1.82) is 0 Å². The van der Waals surface area contributed by atoms with Crippen molar-refractivity contribution in [3.8, 4) is 0 Å². The fourth-order valence-electron chi connectivity index (χ4n) is 2.85. The highest BCUT2D eigenvalue weighted by Crippen LogP contribution is 2.42. The van der Waals surface area contributed by atoms with Crippen LogP contribution in [0.5, 0.6) is 0 Å². The van der Waals surface area contributed by atoms with E-state index in [0.717, 1.165) is 62.0 Å². The molecule has 4 nitrogen and oxygen atoms in total. The lowest BCUT2D eigenvalue weighted by Crippen LogP contribution is -2.40. The Hall–Kier alpha value is -1.16. The number of rotatable bonds is 2. The van der Waals surface area contributed by atoms with Gasteiger partial charge in [0.15, 0.2) is 0 Å². The van der Waals surface area contributed by atoms with Crippen LogP contribution in [0.2, 0.25) is 0 Å². The summed E-state index contributed by atoms with van der Waals surface area (Å²) in [5.41, 5.74) is 1.63. The number of aryl methyl sites for hydroxylation is 1. The molecule has 1 fully saturated rings. The van der Waals surface area contributed by atoms with E-state index < -0.39 is 0 Å². The highest BCUT2D eigenvalue weighted by Gasteiger charge is 2.41. The van der Waals surface area contributed by atoms with E-state index in [4.69, 9.17) is 4.74 Å². The third kappa shape index (κ3) is 1.62. The van der Waals surface area contributed by atoms with Gasteiger partial charge in [0.25, 0.3) is 5.56 Å². The maximum absolute atomic E-state index is 12.0. The standard InChI is InChI=1S/C13H18N2O2/c1-17-13(7-4-8-13)12-14-10-6-3-2-5-9(10)11(16)15-12/h2-8H2,1H3,(H,14,15,16). The zero-order chi connectivity index (χ0) is 11.9. The van der Waals surface area contributed by atoms with Gasteiger partial charge in [0, 0.05) is 12.7 Å². The molecular formula is C13H18N2O2. The number of ether oxygens (including phenoxy) is 1. The SMILES string of the molecule is COC1(c2nc3c(c(=O)[nH]2)CCCC3)CCC1. The molecule has 0 radical (unpaired) electrons. The van der Waals surface area contributed by atoms with Gasteiger partial charge in [0.05, 0.1) is 5.69 Å². The van der Waals surface area contributed by atoms with Gasteiger partial charge >= 0.3 is 0 Å². The molecule has 1 heterocycles. The molecule has 17 heavy (non-hydrogen) atoms. The summed E-state index contributed by atoms with van der Waals surface area (Å²) in [6.07, 6.45) is 7.13. The highest BCUT2D eigenvalue weighted by atomic mass is 16.5. The van der Waals surface area contributed by atoms with Crippen LogP contribution in [0.15, 0.2) is 4.79 Å². The summed E-state index contributed by atoms with van der Waals surface area (Å²) in [7, 11) is 1.71. The molecule has 0 amide bonds. The minimum absolute atomic E-state index is 0.0491. The molecule has 2 aliphatic carbocycles. The average Bonchev–Trinajstić information content (AvgIpc) is 2.28. The Balaban J connectivity index is 2.07. The Bertz CT molecular complexity index is 483. The Morgan fingerprint density at radius 1 is 1.24 bits per heavy atom. The summed E-state index contributed by atoms with van der Waals surface area (Å²) in [6.45, 7) is 0. The second-order valence-electron chi connectivity index (χ2n) is 5.10. The predicted octanol–water partition coefficient (Wildman–Crippen LogP) is 1.67. The van der Waals surface area contributed by atoms with Gasteiger partial charge in [0.2, 0.25) is 0 Å². The molecule has 0 atom stereocenters. The van der Waals surface area contributed by atoms with Crippen molar-refractivity contribution in [2.45, 2.75) is 50.5 Å². The van der Waals surface area contributed by atoms with Crippen molar-refractivity contribution < 1.29 is 4.74 Å². The van der Waals surface area contributed by atoms with Crippen LogP contribution in [0.25, 0.3) is 0 Å². The zero-order valence-electron chi connectivity index (χ0n) is 10.2. The lowest BCUT2D eigenvalue weighted by Gasteiger charge is -2.39. The van der Waals surface area contributed by atoms with Crippen LogP contribution in [-0.2, 0) is 23.2 Å². The first-order valence-electron chi connectivity index (χ1n) is 6.43. The first-order chi connectivity index (χ1) is 8.25. The number of aromatic nitrogens is 2. The van der Waals surface area contributed by atoms with E-state index in [1.165, 1.54) is 0 Å². The number of hydrogen-bond acceptors (Lipinski definition) is 3. The van der Waals surface area contributed by atoms with Crippen LogP contribution < -0.4 is 5.56 Å². The van der Waals surface area contributed by atoms with E-state index in [-0.39, 0.29) is 11.2 Å². The minimum atomic E-state index is -0.314. The first-order valence-corrected chi connectivity index (χ1v) is 6.43. The van der Waals surface area contributed by atoms with E-state index >= 15 is 0 Å². The molecule has 3 rings (SSSR count). The quantitative estimate of drug-likeness (QED) is 0.847. The van der Waals surface area contributed by atoms with Crippen LogP contribution in [0.4, 0.5) is 0 Å². The number of nitrogens with zero attached hydrogens (tertiary/aromatic N) is 1. The van der Waals surface area contributed by atoms with Gasteiger partial charge in [-0.25, -0.2) is 4.98 Å². The second-order valence-corrected chi connectivity index (χ2v) is 5.10. The molecule has 2 aliphatic rings. The van der Waals surface area contributed by atoms with Gasteiger partial charge in [0.1, 0.15) is 11.4 Å². The number of fused-ring (bicyclic) bond motifs is 1. The summed E-state index contributed by atoms with van der Waals surface area (Å²) in [5.74, 6) is 0.747. The monoisotopic (exact) mass is 234 g/mol. The highest BCUT2D eigenvalue weighted by molar-refractivity contribution is 5.23. The van der Waals surface area contributed by atoms with E-state index in [9.17, 15) is 4.79 Å². The zero-order valence-corrected chi connectivity index (χ0v) is 10.2. The van der Waals surface area contributed by atoms with Crippen LogP contribution in [-0.4, -0.2) is 17.1 Å². The fraction of sp³-hybridized carbons (Fsp3) is 0.692. The van der Waals surface area contributed by atoms with Crippen LogP contribution in [0.3, 0.4) is 0 Å². The van der Waals surface area contributed by atoms with Gasteiger partial charge < -0.3 is 9.72 Å². The molecule has 1 aromatic heterocycles. The van der Waals surface area contributed by atoms with Gasteiger partial charge in [-0.05, 0) is 44.9 Å². The van der Waals surface area contributed by atoms with Crippen LogP contribution in [0, 0.1) is 0 Å². The summed E-state index contributed by atoms with van der Waals surface area (Å²) in [5, 5.41) is 0. The Morgan fingerprint density at radius 3 is 2.65 bits per heavy atom. The molecule has 1 N–H and O–H groups in total. The Morgan fingerprint density at radius 2 is 2.00 bits per heavy atom. The van der Waals surface area contributed by atoms with Crippen molar-refractivity contribution in [3.63, 3.8) is 0 Å². The lowest BCUT2D eigenvalue weighted by atomic mass is 9.79. The molecule has 0 aromatic carbocycles. The van der Waals surface area contributed by atoms with Gasteiger partial charge in [-0.2, -0.15) is 0 Å². The largest absolute Gasteiger partial charge is 0.370 e. The molecule has 0 spiro atoms. The second kappa shape index (κ2) is 3.95. The van der Waals surface area contributed by atoms with Gasteiger partial charge in [-0.15, -0.1) is 0 Å². The van der Waals surface area contributed by atoms with Crippen molar-refractivity contribution in [2.24, 2.45) is 0 Å². The molecule has 0 saturated heterocycles. The average molecular weight is 234 g/mol. The summed E-state index contributed by atoms with van der Waals surface area (Å²) < 4.78 is 5.57. The molecule has 0 aliphatic heterocycles. The molecule has 0 bridgehead atoms. The molecule has 1 aromatic rings. The van der Waals surface area contributed by atoms with E-state index in [1.54, 1.807) is 7.11 Å². The van der Waals surface area contributed by atoms with Crippen LogP contribution in [0.1, 0.15) is 49.2 Å². The van der Waals surface area contributed by atoms with Gasteiger partial charge in [-0.3, -0.25) is 4.79 Å². The predicted molar refractivity (Wildman–Crippen MR) is 64.0 cm³/mol. The fourth-order valence-corrected chi connectivity index (χ4v) is 2.85. The smallest absolute Gasteiger partial charge is 0.254 e. The third-order valence-electron chi connectivity index (χ3n) is 4.18. The van der Waals surface area contributed by atoms with Crippen molar-refractivity contribution in [1.82, 2.24) is 9.97 Å². The topological polar surface area (TPSA) is 55.0 Å². The molecular weight excluding hydrogens is 216 g/mol. The maximum atomic E-state index is 12.0. The minimum Gasteiger partial charge on any atom is -0.370 e. The number of hydrogen-bond donors (Lipinski definition) is 1. The van der Waals surface area contributed by atoms with Crippen molar-refractivity contribution in [2.75, 3.05) is 7.11 Å². The maximum Gasteiger partial charge on any atom is 0.254 e. The number of aromatic amines is 1. The molecule has 0 unspecified atom stereocenters. The number of methoxy groups -OCH3 is 1. The summed E-state index contributed by atoms with van der Waals surface area (Å²) >= 11 is 0. The summed E-state index contributed by atoms with van der Waals surface area (Å²) in [4.78, 5) is 19.6. The van der Waals surface area contributed by atoms with E-state index in [1.807, 2.05) is 0 Å². The first kappa shape index (κ1) is 11.0. The van der Waals surface area contributed by atoms with Crippen LogP contribution >= 0.6 is 0 Å². The molecule has 1 saturated carbocycles. The van der Waals surface area contributed by atoms with Gasteiger partial charge in [-0.1, -0.05) is 0 Å².